The number of nitrogens with one attached hydrogen (secondary N) is 2. The number of anilines is 1. The van der Waals surface area contributed by atoms with E-state index in [0.29, 0.717) is 18.7 Å². The highest BCUT2D eigenvalue weighted by Gasteiger charge is 2.07. The van der Waals surface area contributed by atoms with Gasteiger partial charge >= 0.3 is 0 Å². The van der Waals surface area contributed by atoms with Crippen LogP contribution in [0.4, 0.5) is 5.82 Å². The number of carbonyl (C=O) groups is 1. The number of amides is 1. The summed E-state index contributed by atoms with van der Waals surface area (Å²) >= 11 is 0. The normalized spacial score (nSPS) is 10.3. The lowest BCUT2D eigenvalue weighted by molar-refractivity contribution is 0.0948. The molecule has 1 aromatic rings. The average Bonchev–Trinajstić information content (AvgIpc) is 2.40. The molecule has 0 spiro atoms. The number of aromatic nitrogens is 1. The largest absolute Gasteiger partial charge is 0.385 e. The topological polar surface area (TPSA) is 63.2 Å². The third-order valence-corrected chi connectivity index (χ3v) is 2.58. The van der Waals surface area contributed by atoms with E-state index in [1.165, 1.54) is 0 Å². The minimum atomic E-state index is -0.0684. The molecule has 0 saturated carbocycles. The van der Waals surface area contributed by atoms with Gasteiger partial charge in [0.15, 0.2) is 0 Å². The molecule has 1 amide bonds. The lowest BCUT2D eigenvalue weighted by Crippen LogP contribution is -2.25. The molecule has 106 valence electrons. The third-order valence-electron chi connectivity index (χ3n) is 2.58. The Morgan fingerprint density at radius 1 is 1.37 bits per heavy atom. The molecule has 0 unspecified atom stereocenters. The molecule has 1 aromatic heterocycles. The number of ether oxygens (including phenoxy) is 1. The minimum Gasteiger partial charge on any atom is -0.385 e. The van der Waals surface area contributed by atoms with Crippen LogP contribution in [0.2, 0.25) is 0 Å². The fourth-order valence-electron chi connectivity index (χ4n) is 1.66. The van der Waals surface area contributed by atoms with E-state index in [-0.39, 0.29) is 5.91 Å². The van der Waals surface area contributed by atoms with E-state index >= 15 is 0 Å². The molecular weight excluding hydrogens is 242 g/mol. The van der Waals surface area contributed by atoms with Crippen molar-refractivity contribution >= 4 is 11.7 Å². The summed E-state index contributed by atoms with van der Waals surface area (Å²) in [6.07, 6.45) is 1.83. The van der Waals surface area contributed by atoms with Crippen molar-refractivity contribution in [2.45, 2.75) is 26.7 Å². The minimum absolute atomic E-state index is 0.0684. The fourth-order valence-corrected chi connectivity index (χ4v) is 1.66. The van der Waals surface area contributed by atoms with Crippen molar-refractivity contribution in [3.8, 4) is 0 Å². The van der Waals surface area contributed by atoms with Crippen LogP contribution < -0.4 is 10.6 Å². The summed E-state index contributed by atoms with van der Waals surface area (Å²) in [6, 6.07) is 3.58. The molecule has 1 heterocycles. The number of hydrogen-bond acceptors (Lipinski definition) is 4. The molecule has 0 aliphatic heterocycles. The molecule has 5 heteroatoms. The number of aryl methyl sites for hydroxylation is 1. The second-order valence-electron chi connectivity index (χ2n) is 4.41. The molecule has 0 aromatic carbocycles. The summed E-state index contributed by atoms with van der Waals surface area (Å²) in [4.78, 5) is 16.3. The van der Waals surface area contributed by atoms with E-state index in [1.807, 2.05) is 6.92 Å². The number of pyridine rings is 1. The maximum absolute atomic E-state index is 12.0. The monoisotopic (exact) mass is 265 g/mol. The average molecular weight is 265 g/mol. The van der Waals surface area contributed by atoms with Crippen molar-refractivity contribution in [3.63, 3.8) is 0 Å². The number of rotatable bonds is 8. The van der Waals surface area contributed by atoms with Gasteiger partial charge in [0, 0.05) is 38.1 Å². The molecule has 0 atom stereocenters. The van der Waals surface area contributed by atoms with Gasteiger partial charge in [-0.2, -0.15) is 0 Å². The molecule has 2 N–H and O–H groups in total. The van der Waals surface area contributed by atoms with Crippen molar-refractivity contribution in [1.29, 1.82) is 0 Å². The molecular formula is C14H23N3O2. The summed E-state index contributed by atoms with van der Waals surface area (Å²) in [6.45, 7) is 6.10. The standard InChI is InChI=1S/C14H23N3O2/c1-4-6-15-13-10-12(9-11(2)17-13)14(18)16-7-5-8-19-3/h9-10H,4-8H2,1-3H3,(H,15,17)(H,16,18). The fraction of sp³-hybridized carbons (Fsp3) is 0.571. The Labute approximate surface area is 114 Å². The van der Waals surface area contributed by atoms with Crippen LogP contribution in [0, 0.1) is 6.92 Å². The van der Waals surface area contributed by atoms with Crippen LogP contribution in [0.15, 0.2) is 12.1 Å². The van der Waals surface area contributed by atoms with E-state index in [9.17, 15) is 4.79 Å². The van der Waals surface area contributed by atoms with Gasteiger partial charge in [0.1, 0.15) is 5.82 Å². The number of hydrogen-bond donors (Lipinski definition) is 2. The first-order valence-corrected chi connectivity index (χ1v) is 6.67. The van der Waals surface area contributed by atoms with Gasteiger partial charge < -0.3 is 15.4 Å². The predicted molar refractivity (Wildman–Crippen MR) is 76.6 cm³/mol. The highest BCUT2D eigenvalue weighted by molar-refractivity contribution is 5.94. The summed E-state index contributed by atoms with van der Waals surface area (Å²) < 4.78 is 4.94. The maximum Gasteiger partial charge on any atom is 0.251 e. The van der Waals surface area contributed by atoms with Gasteiger partial charge in [-0.15, -0.1) is 0 Å². The first-order chi connectivity index (χ1) is 9.17. The van der Waals surface area contributed by atoms with E-state index < -0.39 is 0 Å². The van der Waals surface area contributed by atoms with Crippen molar-refractivity contribution in [3.05, 3.63) is 23.4 Å². The number of nitrogens with zero attached hydrogens (tertiary/aromatic N) is 1. The zero-order valence-electron chi connectivity index (χ0n) is 12.0. The summed E-state index contributed by atoms with van der Waals surface area (Å²) in [5.74, 6) is 0.685. The van der Waals surface area contributed by atoms with E-state index in [1.54, 1.807) is 19.2 Å². The van der Waals surface area contributed by atoms with Gasteiger partial charge in [-0.1, -0.05) is 6.92 Å². The second kappa shape index (κ2) is 8.48. The maximum atomic E-state index is 12.0. The van der Waals surface area contributed by atoms with Crippen LogP contribution in [0.3, 0.4) is 0 Å². The summed E-state index contributed by atoms with van der Waals surface area (Å²) in [5, 5.41) is 6.07. The number of carbonyl (C=O) groups excluding carboxylic acids is 1. The molecule has 0 aliphatic rings. The smallest absolute Gasteiger partial charge is 0.251 e. The van der Waals surface area contributed by atoms with Crippen LogP contribution in [-0.4, -0.2) is 37.7 Å². The Bertz CT molecular complexity index is 408. The van der Waals surface area contributed by atoms with Gasteiger partial charge in [-0.3, -0.25) is 4.79 Å². The first kappa shape index (κ1) is 15.4. The van der Waals surface area contributed by atoms with E-state index in [4.69, 9.17) is 4.74 Å². The molecule has 5 nitrogen and oxygen atoms in total. The van der Waals surface area contributed by atoms with Crippen LogP contribution in [0.25, 0.3) is 0 Å². The van der Waals surface area contributed by atoms with Gasteiger partial charge in [0.2, 0.25) is 0 Å². The Kier molecular flexibility index (Phi) is 6.89. The van der Waals surface area contributed by atoms with Crippen molar-refractivity contribution in [2.75, 3.05) is 32.1 Å². The van der Waals surface area contributed by atoms with Crippen molar-refractivity contribution in [2.24, 2.45) is 0 Å². The quantitative estimate of drug-likeness (QED) is 0.705. The Morgan fingerprint density at radius 2 is 2.16 bits per heavy atom. The van der Waals surface area contributed by atoms with Gasteiger partial charge in [-0.05, 0) is 31.9 Å². The Morgan fingerprint density at radius 3 is 2.84 bits per heavy atom. The molecule has 1 rings (SSSR count). The second-order valence-corrected chi connectivity index (χ2v) is 4.41. The SMILES string of the molecule is CCCNc1cc(C(=O)NCCCOC)cc(C)n1. The Balaban J connectivity index is 2.60. The molecule has 0 saturated heterocycles. The highest BCUT2D eigenvalue weighted by Crippen LogP contribution is 2.10. The lowest BCUT2D eigenvalue weighted by atomic mass is 10.2. The lowest BCUT2D eigenvalue weighted by Gasteiger charge is -2.09. The van der Waals surface area contributed by atoms with Crippen LogP contribution in [0.1, 0.15) is 35.8 Å². The first-order valence-electron chi connectivity index (χ1n) is 6.67. The van der Waals surface area contributed by atoms with Crippen molar-refractivity contribution < 1.29 is 9.53 Å². The molecule has 0 bridgehead atoms. The van der Waals surface area contributed by atoms with E-state index in [2.05, 4.69) is 22.5 Å². The third kappa shape index (κ3) is 5.70. The summed E-state index contributed by atoms with van der Waals surface area (Å²) in [5.41, 5.74) is 1.48. The molecule has 0 aliphatic carbocycles. The van der Waals surface area contributed by atoms with Gasteiger partial charge in [0.25, 0.3) is 5.91 Å². The summed E-state index contributed by atoms with van der Waals surface area (Å²) in [7, 11) is 1.65. The highest BCUT2D eigenvalue weighted by atomic mass is 16.5. The van der Waals surface area contributed by atoms with Crippen LogP contribution in [-0.2, 0) is 4.74 Å². The predicted octanol–water partition coefficient (Wildman–Crippen LogP) is 1.98. The van der Waals surface area contributed by atoms with E-state index in [0.717, 1.165) is 30.9 Å². The van der Waals surface area contributed by atoms with Crippen molar-refractivity contribution in [1.82, 2.24) is 10.3 Å². The molecule has 0 fully saturated rings. The Hall–Kier alpha value is -1.62. The molecule has 19 heavy (non-hydrogen) atoms. The zero-order valence-corrected chi connectivity index (χ0v) is 12.0. The number of methoxy groups -OCH3 is 1. The van der Waals surface area contributed by atoms with Gasteiger partial charge in [-0.25, -0.2) is 4.98 Å². The molecule has 0 radical (unpaired) electrons. The van der Waals surface area contributed by atoms with Crippen LogP contribution in [0.5, 0.6) is 0 Å². The van der Waals surface area contributed by atoms with Crippen LogP contribution >= 0.6 is 0 Å². The van der Waals surface area contributed by atoms with Gasteiger partial charge in [0.05, 0.1) is 0 Å². The zero-order chi connectivity index (χ0) is 14.1.